The van der Waals surface area contributed by atoms with Gasteiger partial charge in [-0.25, -0.2) is 36.7 Å². The molecule has 0 aliphatic carbocycles. The average molecular weight is 469 g/mol. The number of hydrogen-bond acceptors (Lipinski definition) is 6. The Morgan fingerprint density at radius 1 is 0.656 bits per heavy atom. The first kappa shape index (κ1) is 23.1. The predicted molar refractivity (Wildman–Crippen MR) is 123 cm³/mol. The zero-order valence-electron chi connectivity index (χ0n) is 16.7. The van der Waals surface area contributed by atoms with Crippen molar-refractivity contribution in [3.8, 4) is 11.1 Å². The van der Waals surface area contributed by atoms with Crippen molar-refractivity contribution in [2.75, 3.05) is 4.72 Å². The van der Waals surface area contributed by atoms with E-state index in [2.05, 4.69) is 14.7 Å². The van der Waals surface area contributed by atoms with E-state index < -0.39 is 20.0 Å². The molecule has 10 heteroatoms. The van der Waals surface area contributed by atoms with Crippen molar-refractivity contribution in [1.82, 2.24) is 9.97 Å². The topological polar surface area (TPSA) is 132 Å². The Hall–Kier alpha value is -3.60. The summed E-state index contributed by atoms with van der Waals surface area (Å²) in [5, 5.41) is 5.17. The minimum atomic E-state index is -3.68. The predicted octanol–water partition coefficient (Wildman–Crippen LogP) is 3.28. The zero-order valence-corrected chi connectivity index (χ0v) is 18.4. The summed E-state index contributed by atoms with van der Waals surface area (Å²) in [6.07, 6.45) is 2.94. The first-order chi connectivity index (χ1) is 15.3. The summed E-state index contributed by atoms with van der Waals surface area (Å²) in [6.45, 7) is 0. The van der Waals surface area contributed by atoms with Gasteiger partial charge < -0.3 is 0 Å². The normalized spacial score (nSPS) is 11.2. The van der Waals surface area contributed by atoms with Crippen molar-refractivity contribution in [3.05, 3.63) is 103 Å². The number of primary sulfonamides is 1. The fraction of sp³-hybridized carbons (Fsp3) is 0. The maximum Gasteiger partial charge on any atom is 0.264 e. The molecule has 0 amide bonds. The molecule has 8 nitrogen and oxygen atoms in total. The van der Waals surface area contributed by atoms with Gasteiger partial charge in [0.05, 0.1) is 9.79 Å². The SMILES string of the molecule is NS(=O)(=O)c1ccccc1-c1ccccc1.O=S(=O)(Nc1ncccn1)c1ccccc1. The molecule has 0 atom stereocenters. The van der Waals surface area contributed by atoms with Gasteiger partial charge in [-0.15, -0.1) is 0 Å². The van der Waals surface area contributed by atoms with Crippen molar-refractivity contribution >= 4 is 26.0 Å². The van der Waals surface area contributed by atoms with E-state index in [0.717, 1.165) is 5.56 Å². The Kier molecular flexibility index (Phi) is 7.31. The highest BCUT2D eigenvalue weighted by Crippen LogP contribution is 2.25. The number of benzene rings is 3. The number of aromatic nitrogens is 2. The van der Waals surface area contributed by atoms with Crippen LogP contribution in [0.2, 0.25) is 0 Å². The molecule has 3 N–H and O–H groups in total. The van der Waals surface area contributed by atoms with Crippen molar-refractivity contribution in [2.24, 2.45) is 5.14 Å². The van der Waals surface area contributed by atoms with Gasteiger partial charge in [0.25, 0.3) is 10.0 Å². The molecule has 3 aromatic carbocycles. The Labute approximate surface area is 186 Å². The monoisotopic (exact) mass is 468 g/mol. The average Bonchev–Trinajstić information content (AvgIpc) is 2.81. The summed E-state index contributed by atoms with van der Waals surface area (Å²) < 4.78 is 48.7. The van der Waals surface area contributed by atoms with E-state index in [0.29, 0.717) is 5.56 Å². The molecule has 32 heavy (non-hydrogen) atoms. The molecule has 0 saturated heterocycles. The number of nitrogens with two attached hydrogens (primary N) is 1. The van der Waals surface area contributed by atoms with Gasteiger partial charge in [0, 0.05) is 18.0 Å². The lowest BCUT2D eigenvalue weighted by Gasteiger charge is -2.07. The van der Waals surface area contributed by atoms with Crippen LogP contribution in [0.25, 0.3) is 11.1 Å². The minimum absolute atomic E-state index is 0.0614. The molecular formula is C22H20N4O4S2. The van der Waals surface area contributed by atoms with Crippen LogP contribution in [0.1, 0.15) is 0 Å². The highest BCUT2D eigenvalue weighted by molar-refractivity contribution is 7.92. The van der Waals surface area contributed by atoms with Crippen LogP contribution in [-0.2, 0) is 20.0 Å². The van der Waals surface area contributed by atoms with Crippen molar-refractivity contribution in [1.29, 1.82) is 0 Å². The van der Waals surface area contributed by atoms with E-state index >= 15 is 0 Å². The van der Waals surface area contributed by atoms with Gasteiger partial charge in [-0.1, -0.05) is 66.7 Å². The second-order valence-electron chi connectivity index (χ2n) is 6.40. The van der Waals surface area contributed by atoms with Crippen molar-refractivity contribution < 1.29 is 16.8 Å². The van der Waals surface area contributed by atoms with Crippen LogP contribution in [-0.4, -0.2) is 26.8 Å². The maximum absolute atomic E-state index is 11.8. The van der Waals surface area contributed by atoms with E-state index in [-0.39, 0.29) is 15.7 Å². The summed E-state index contributed by atoms with van der Waals surface area (Å²) in [7, 11) is -7.27. The highest BCUT2D eigenvalue weighted by atomic mass is 32.2. The third-order valence-electron chi connectivity index (χ3n) is 4.12. The van der Waals surface area contributed by atoms with E-state index in [9.17, 15) is 16.8 Å². The van der Waals surface area contributed by atoms with Gasteiger partial charge in [-0.3, -0.25) is 0 Å². The van der Waals surface area contributed by atoms with Gasteiger partial charge in [0.2, 0.25) is 16.0 Å². The molecule has 1 heterocycles. The fourth-order valence-electron chi connectivity index (χ4n) is 2.70. The van der Waals surface area contributed by atoms with E-state index in [1.54, 1.807) is 42.5 Å². The van der Waals surface area contributed by atoms with Gasteiger partial charge in [0.15, 0.2) is 0 Å². The number of nitrogens with zero attached hydrogens (tertiary/aromatic N) is 2. The molecule has 0 aliphatic rings. The lowest BCUT2D eigenvalue weighted by atomic mass is 10.1. The van der Waals surface area contributed by atoms with Crippen LogP contribution in [0.4, 0.5) is 5.95 Å². The van der Waals surface area contributed by atoms with Crippen LogP contribution in [0, 0.1) is 0 Å². The van der Waals surface area contributed by atoms with Crippen molar-refractivity contribution in [2.45, 2.75) is 9.79 Å². The molecule has 4 rings (SSSR count). The second-order valence-corrected chi connectivity index (χ2v) is 9.61. The van der Waals surface area contributed by atoms with Crippen LogP contribution < -0.4 is 9.86 Å². The number of anilines is 1. The molecule has 0 bridgehead atoms. The second kappa shape index (κ2) is 10.1. The number of nitrogens with one attached hydrogen (secondary N) is 1. The number of sulfonamides is 2. The third-order valence-corrected chi connectivity index (χ3v) is 6.44. The Bertz CT molecular complexity index is 1370. The smallest absolute Gasteiger partial charge is 0.247 e. The Morgan fingerprint density at radius 2 is 1.19 bits per heavy atom. The summed E-state index contributed by atoms with van der Waals surface area (Å²) in [5.74, 6) is 0.0614. The Balaban J connectivity index is 0.000000181. The number of hydrogen-bond donors (Lipinski definition) is 2. The molecule has 4 aromatic rings. The quantitative estimate of drug-likeness (QED) is 0.462. The molecule has 0 fully saturated rings. The lowest BCUT2D eigenvalue weighted by molar-refractivity contribution is 0.597. The van der Waals surface area contributed by atoms with Crippen molar-refractivity contribution in [3.63, 3.8) is 0 Å². The van der Waals surface area contributed by atoms with E-state index in [1.165, 1.54) is 30.6 Å². The standard InChI is InChI=1S/C12H11NO2S.C10H9N3O2S/c13-16(14,15)12-9-5-4-8-11(12)10-6-2-1-3-7-10;14-16(15,9-5-2-1-3-6-9)13-10-11-7-4-8-12-10/h1-9H,(H2,13,14,15);1-8H,(H,11,12,13). The molecule has 0 saturated carbocycles. The van der Waals surface area contributed by atoms with Gasteiger partial charge in [-0.2, -0.15) is 0 Å². The number of rotatable bonds is 5. The maximum atomic E-state index is 11.8. The lowest BCUT2D eigenvalue weighted by Crippen LogP contribution is -2.14. The largest absolute Gasteiger partial charge is 0.264 e. The summed E-state index contributed by atoms with van der Waals surface area (Å²) in [6, 6.07) is 25.7. The van der Waals surface area contributed by atoms with Crippen LogP contribution >= 0.6 is 0 Å². The minimum Gasteiger partial charge on any atom is -0.247 e. The molecule has 0 spiro atoms. The first-order valence-corrected chi connectivity index (χ1v) is 12.3. The molecular weight excluding hydrogens is 448 g/mol. The Morgan fingerprint density at radius 3 is 1.78 bits per heavy atom. The zero-order chi connectivity index (χ0) is 23.0. The van der Waals surface area contributed by atoms with Gasteiger partial charge in [-0.05, 0) is 29.8 Å². The molecule has 164 valence electrons. The van der Waals surface area contributed by atoms with Crippen LogP contribution in [0.5, 0.6) is 0 Å². The first-order valence-electron chi connectivity index (χ1n) is 9.29. The fourth-order valence-corrected chi connectivity index (χ4v) is 4.44. The molecule has 0 unspecified atom stereocenters. The van der Waals surface area contributed by atoms with Gasteiger partial charge >= 0.3 is 0 Å². The van der Waals surface area contributed by atoms with Gasteiger partial charge in [0.1, 0.15) is 0 Å². The summed E-state index contributed by atoms with van der Waals surface area (Å²) in [4.78, 5) is 7.91. The summed E-state index contributed by atoms with van der Waals surface area (Å²) in [5.41, 5.74) is 1.47. The summed E-state index contributed by atoms with van der Waals surface area (Å²) >= 11 is 0. The molecule has 0 aliphatic heterocycles. The van der Waals surface area contributed by atoms with E-state index in [4.69, 9.17) is 5.14 Å². The van der Waals surface area contributed by atoms with Crippen LogP contribution in [0.15, 0.2) is 113 Å². The molecule has 0 radical (unpaired) electrons. The molecule has 1 aromatic heterocycles. The van der Waals surface area contributed by atoms with Crippen LogP contribution in [0.3, 0.4) is 0 Å². The highest BCUT2D eigenvalue weighted by Gasteiger charge is 2.14. The van der Waals surface area contributed by atoms with E-state index in [1.807, 2.05) is 30.3 Å². The third kappa shape index (κ3) is 6.20.